The van der Waals surface area contributed by atoms with Crippen molar-refractivity contribution in [1.29, 1.82) is 0 Å². The zero-order valence-electron chi connectivity index (χ0n) is 12.0. The Balaban J connectivity index is 2.78. The van der Waals surface area contributed by atoms with Crippen LogP contribution in [-0.4, -0.2) is 24.2 Å². The summed E-state index contributed by atoms with van der Waals surface area (Å²) in [5.41, 5.74) is 5.50. The second-order valence-electron chi connectivity index (χ2n) is 4.69. The second-order valence-corrected chi connectivity index (χ2v) is 5.53. The van der Waals surface area contributed by atoms with Crippen molar-refractivity contribution in [3.8, 4) is 5.75 Å². The van der Waals surface area contributed by atoms with Crippen molar-refractivity contribution in [2.45, 2.75) is 38.5 Å². The first-order valence-corrected chi connectivity index (χ1v) is 7.29. The van der Waals surface area contributed by atoms with Crippen LogP contribution in [0.25, 0.3) is 0 Å². The number of hydrogen-bond acceptors (Lipinski definition) is 4. The number of ether oxygens (including phenoxy) is 2. The van der Waals surface area contributed by atoms with Crippen LogP contribution >= 0.6 is 23.2 Å². The lowest BCUT2D eigenvalue weighted by atomic mass is 10.1. The van der Waals surface area contributed by atoms with E-state index in [1.165, 1.54) is 0 Å². The Hall–Kier alpha value is -1.23. The number of halogens is 2. The lowest BCUT2D eigenvalue weighted by Crippen LogP contribution is -2.38. The van der Waals surface area contributed by atoms with Crippen LogP contribution < -0.4 is 10.5 Å². The van der Waals surface area contributed by atoms with Crippen molar-refractivity contribution in [3.63, 3.8) is 0 Å². The van der Waals surface area contributed by atoms with Gasteiger partial charge in [0.1, 0.15) is 24.0 Å². The van der Waals surface area contributed by atoms with Gasteiger partial charge in [-0.2, -0.15) is 0 Å². The highest BCUT2D eigenvalue weighted by Gasteiger charge is 2.24. The summed E-state index contributed by atoms with van der Waals surface area (Å²) in [6, 6.07) is 4.23. The van der Waals surface area contributed by atoms with Gasteiger partial charge < -0.3 is 15.2 Å². The summed E-state index contributed by atoms with van der Waals surface area (Å²) < 4.78 is 11.1. The number of benzene rings is 1. The first-order chi connectivity index (χ1) is 9.85. The van der Waals surface area contributed by atoms with E-state index >= 15 is 0 Å². The summed E-state index contributed by atoms with van der Waals surface area (Å²) in [4.78, 5) is 11.6. The first-order valence-electron chi connectivity index (χ1n) is 6.53. The molecule has 6 heteroatoms. The van der Waals surface area contributed by atoms with Crippen LogP contribution in [0.2, 0.25) is 10.0 Å². The molecule has 0 fully saturated rings. The molecule has 0 aliphatic heterocycles. The quantitative estimate of drug-likeness (QED) is 0.612. The Morgan fingerprint density at radius 2 is 2.10 bits per heavy atom. The average molecular weight is 332 g/mol. The fraction of sp³-hybridized carbons (Fsp3) is 0.400. The molecule has 1 rings (SSSR count). The van der Waals surface area contributed by atoms with Crippen molar-refractivity contribution >= 4 is 29.2 Å². The lowest BCUT2D eigenvalue weighted by molar-refractivity contribution is -0.154. The molecule has 1 aromatic rings. The third-order valence-electron chi connectivity index (χ3n) is 2.77. The normalized spacial score (nSPS) is 14.9. The topological polar surface area (TPSA) is 61.5 Å². The smallest absolute Gasteiger partial charge is 0.323 e. The average Bonchev–Trinajstić information content (AvgIpc) is 2.41. The van der Waals surface area contributed by atoms with Crippen LogP contribution in [-0.2, 0) is 9.53 Å². The van der Waals surface area contributed by atoms with Gasteiger partial charge in [0.25, 0.3) is 0 Å². The molecule has 116 valence electrons. The molecule has 0 aliphatic carbocycles. The molecule has 0 saturated carbocycles. The molecule has 0 heterocycles. The van der Waals surface area contributed by atoms with E-state index in [1.807, 2.05) is 0 Å². The number of carbonyl (C=O) groups excluding carboxylic acids is 1. The number of nitrogens with two attached hydrogens (primary N) is 1. The molecule has 0 radical (unpaired) electrons. The van der Waals surface area contributed by atoms with E-state index in [4.69, 9.17) is 38.4 Å². The van der Waals surface area contributed by atoms with Crippen LogP contribution in [0, 0.1) is 0 Å². The molecule has 21 heavy (non-hydrogen) atoms. The van der Waals surface area contributed by atoms with E-state index in [9.17, 15) is 4.79 Å². The minimum atomic E-state index is -0.691. The van der Waals surface area contributed by atoms with Gasteiger partial charge in [0.05, 0.1) is 5.02 Å². The Morgan fingerprint density at radius 1 is 1.43 bits per heavy atom. The van der Waals surface area contributed by atoms with Crippen molar-refractivity contribution in [2.75, 3.05) is 0 Å². The van der Waals surface area contributed by atoms with Crippen molar-refractivity contribution in [3.05, 3.63) is 40.9 Å². The fourth-order valence-electron chi connectivity index (χ4n) is 1.60. The maximum Gasteiger partial charge on any atom is 0.323 e. The van der Waals surface area contributed by atoms with Crippen molar-refractivity contribution in [2.24, 2.45) is 5.73 Å². The third-order valence-corrected chi connectivity index (χ3v) is 3.30. The molecule has 1 aromatic carbocycles. The molecular weight excluding hydrogens is 313 g/mol. The van der Waals surface area contributed by atoms with Gasteiger partial charge in [0.2, 0.25) is 0 Å². The highest BCUT2D eigenvalue weighted by Crippen LogP contribution is 2.29. The summed E-state index contributed by atoms with van der Waals surface area (Å²) in [5.74, 6) is -0.0148. The first kappa shape index (κ1) is 17.8. The summed E-state index contributed by atoms with van der Waals surface area (Å²) in [6.07, 6.45) is 1.20. The maximum atomic E-state index is 11.6. The fourth-order valence-corrected chi connectivity index (χ4v) is 2.06. The highest BCUT2D eigenvalue weighted by molar-refractivity contribution is 6.35. The van der Waals surface area contributed by atoms with E-state index < -0.39 is 24.2 Å². The lowest BCUT2D eigenvalue weighted by Gasteiger charge is -2.25. The zero-order valence-corrected chi connectivity index (χ0v) is 13.5. The minimum absolute atomic E-state index is 0.394. The maximum absolute atomic E-state index is 11.6. The number of carbonyl (C=O) groups is 1. The standard InChI is InChI=1S/C15H19Cl2NO3/c1-4-5-13(21-15(19)9(2)18)10(3)20-14-7-6-11(16)8-12(14)17/h4,6-10,13H,1,5,18H2,2-3H3/t9-,10-,13+/m0/s1. The molecule has 0 unspecified atom stereocenters. The van der Waals surface area contributed by atoms with Gasteiger partial charge in [-0.15, -0.1) is 6.58 Å². The monoisotopic (exact) mass is 331 g/mol. The van der Waals surface area contributed by atoms with E-state index in [1.54, 1.807) is 38.1 Å². The molecule has 4 nitrogen and oxygen atoms in total. The van der Waals surface area contributed by atoms with E-state index in [2.05, 4.69) is 6.58 Å². The minimum Gasteiger partial charge on any atom is -0.485 e. The number of esters is 1. The third kappa shape index (κ3) is 5.58. The highest BCUT2D eigenvalue weighted by atomic mass is 35.5. The van der Waals surface area contributed by atoms with Crippen LogP contribution in [0.4, 0.5) is 0 Å². The molecule has 0 amide bonds. The molecule has 0 aliphatic rings. The van der Waals surface area contributed by atoms with Gasteiger partial charge in [-0.05, 0) is 32.0 Å². The molecule has 0 saturated heterocycles. The van der Waals surface area contributed by atoms with Gasteiger partial charge in [-0.1, -0.05) is 29.3 Å². The van der Waals surface area contributed by atoms with Crippen LogP contribution in [0.3, 0.4) is 0 Å². The van der Waals surface area contributed by atoms with Gasteiger partial charge in [0, 0.05) is 11.4 Å². The molecule has 3 atom stereocenters. The Morgan fingerprint density at radius 3 is 2.62 bits per heavy atom. The Labute approximate surface area is 134 Å². The van der Waals surface area contributed by atoms with Crippen molar-refractivity contribution in [1.82, 2.24) is 0 Å². The largest absolute Gasteiger partial charge is 0.485 e. The van der Waals surface area contributed by atoms with E-state index in [-0.39, 0.29) is 0 Å². The van der Waals surface area contributed by atoms with E-state index in [0.29, 0.717) is 22.2 Å². The zero-order chi connectivity index (χ0) is 16.0. The molecular formula is C15H19Cl2NO3. The summed E-state index contributed by atoms with van der Waals surface area (Å²) in [6.45, 7) is 7.00. The van der Waals surface area contributed by atoms with Gasteiger partial charge in [-0.3, -0.25) is 4.79 Å². The molecule has 0 bridgehead atoms. The Bertz CT molecular complexity index is 506. The summed E-state index contributed by atoms with van der Waals surface area (Å²) in [7, 11) is 0. The van der Waals surface area contributed by atoms with Gasteiger partial charge in [-0.25, -0.2) is 0 Å². The summed E-state index contributed by atoms with van der Waals surface area (Å²) >= 11 is 11.9. The van der Waals surface area contributed by atoms with Crippen LogP contribution in [0.15, 0.2) is 30.9 Å². The van der Waals surface area contributed by atoms with E-state index in [0.717, 1.165) is 0 Å². The molecule has 0 spiro atoms. The molecule has 0 aromatic heterocycles. The van der Waals surface area contributed by atoms with Crippen molar-refractivity contribution < 1.29 is 14.3 Å². The predicted octanol–water partition coefficient (Wildman–Crippen LogP) is 3.60. The van der Waals surface area contributed by atoms with Crippen LogP contribution in [0.5, 0.6) is 5.75 Å². The second kappa shape index (κ2) is 8.27. The SMILES string of the molecule is C=CC[C@@H](OC(=O)[C@H](C)N)[C@H](C)Oc1ccc(Cl)cc1Cl. The van der Waals surface area contributed by atoms with Gasteiger partial charge >= 0.3 is 5.97 Å². The molecule has 2 N–H and O–H groups in total. The predicted molar refractivity (Wildman–Crippen MR) is 84.9 cm³/mol. The van der Waals surface area contributed by atoms with Gasteiger partial charge in [0.15, 0.2) is 0 Å². The number of rotatable bonds is 7. The van der Waals surface area contributed by atoms with Crippen LogP contribution in [0.1, 0.15) is 20.3 Å². The Kier molecular flexibility index (Phi) is 7.02. The summed E-state index contributed by atoms with van der Waals surface area (Å²) in [5, 5.41) is 0.913. The number of hydrogen-bond donors (Lipinski definition) is 1.